The summed E-state index contributed by atoms with van der Waals surface area (Å²) in [6.45, 7) is 1.74. The molecule has 114 valence electrons. The second-order valence-corrected chi connectivity index (χ2v) is 6.61. The Morgan fingerprint density at radius 2 is 2.09 bits per heavy atom. The number of aryl methyl sites for hydroxylation is 1. The van der Waals surface area contributed by atoms with Crippen molar-refractivity contribution in [1.82, 2.24) is 4.90 Å². The first-order valence-corrected chi connectivity index (χ1v) is 8.24. The summed E-state index contributed by atoms with van der Waals surface area (Å²) in [5, 5.41) is 0. The fourth-order valence-electron chi connectivity index (χ4n) is 3.51. The van der Waals surface area contributed by atoms with Crippen LogP contribution in [-0.2, 0) is 16.8 Å². The van der Waals surface area contributed by atoms with Gasteiger partial charge in [-0.1, -0.05) is 24.3 Å². The molecular weight excluding hydrogens is 346 g/mol. The van der Waals surface area contributed by atoms with E-state index in [1.807, 2.05) is 11.0 Å². The van der Waals surface area contributed by atoms with Crippen LogP contribution in [-0.4, -0.2) is 30.5 Å². The van der Waals surface area contributed by atoms with Crippen molar-refractivity contribution in [3.8, 4) is 0 Å². The largest absolute Gasteiger partial charge is 0.444 e. The number of carbonyl (C=O) groups is 1. The Labute approximate surface area is 137 Å². The van der Waals surface area contributed by atoms with E-state index in [0.29, 0.717) is 30.1 Å². The molecule has 5 heteroatoms. The Morgan fingerprint density at radius 1 is 1.23 bits per heavy atom. The quantitative estimate of drug-likeness (QED) is 0.781. The average molecular weight is 362 g/mol. The first-order chi connectivity index (χ1) is 10.7. The summed E-state index contributed by atoms with van der Waals surface area (Å²) in [4.78, 5) is 14.5. The number of furan rings is 1. The molecule has 1 atom stereocenters. The van der Waals surface area contributed by atoms with E-state index in [-0.39, 0.29) is 11.5 Å². The van der Waals surface area contributed by atoms with Gasteiger partial charge in [-0.25, -0.2) is 0 Å². The second-order valence-electron chi connectivity index (χ2n) is 5.83. The third-order valence-corrected chi connectivity index (χ3v) is 4.99. The Bertz CT molecular complexity index is 722. The van der Waals surface area contributed by atoms with Crippen LogP contribution in [0.1, 0.15) is 28.1 Å². The predicted molar refractivity (Wildman–Crippen MR) is 84.7 cm³/mol. The number of halogens is 1. The normalized spacial score (nSPS) is 23.8. The number of amides is 1. The zero-order valence-corrected chi connectivity index (χ0v) is 13.6. The number of morpholine rings is 1. The van der Waals surface area contributed by atoms with Gasteiger partial charge in [0.15, 0.2) is 10.4 Å². The summed E-state index contributed by atoms with van der Waals surface area (Å²) >= 11 is 3.24. The zero-order chi connectivity index (χ0) is 15.2. The molecule has 1 aliphatic heterocycles. The van der Waals surface area contributed by atoms with E-state index >= 15 is 0 Å². The second kappa shape index (κ2) is 5.25. The Morgan fingerprint density at radius 3 is 2.91 bits per heavy atom. The van der Waals surface area contributed by atoms with Gasteiger partial charge in [-0.3, -0.25) is 4.79 Å². The first-order valence-electron chi connectivity index (χ1n) is 7.45. The maximum Gasteiger partial charge on any atom is 0.289 e. The SMILES string of the molecule is O=C(c1ccc(Br)o1)N1CCO[C@]2(CCc3ccccc32)C1. The monoisotopic (exact) mass is 361 g/mol. The summed E-state index contributed by atoms with van der Waals surface area (Å²) < 4.78 is 12.1. The summed E-state index contributed by atoms with van der Waals surface area (Å²) in [7, 11) is 0. The number of carbonyl (C=O) groups excluding carboxylic acids is 1. The number of nitrogens with zero attached hydrogens (tertiary/aromatic N) is 1. The van der Waals surface area contributed by atoms with Gasteiger partial charge in [-0.15, -0.1) is 0 Å². The summed E-state index contributed by atoms with van der Waals surface area (Å²) in [5.41, 5.74) is 2.21. The minimum Gasteiger partial charge on any atom is -0.444 e. The third kappa shape index (κ3) is 2.20. The number of hydrogen-bond donors (Lipinski definition) is 0. The van der Waals surface area contributed by atoms with Crippen molar-refractivity contribution in [3.63, 3.8) is 0 Å². The highest BCUT2D eigenvalue weighted by Crippen LogP contribution is 2.42. The van der Waals surface area contributed by atoms with Gasteiger partial charge in [0.2, 0.25) is 0 Å². The van der Waals surface area contributed by atoms with E-state index in [4.69, 9.17) is 9.15 Å². The molecule has 4 rings (SSSR count). The molecule has 1 spiro atoms. The van der Waals surface area contributed by atoms with E-state index in [0.717, 1.165) is 12.8 Å². The van der Waals surface area contributed by atoms with E-state index < -0.39 is 0 Å². The first kappa shape index (κ1) is 14.0. The minimum atomic E-state index is -0.353. The standard InChI is InChI=1S/C17H16BrNO3/c18-15-6-5-14(22-15)16(20)19-9-10-21-17(11-19)8-7-12-3-1-2-4-13(12)17/h1-6H,7-11H2/t17-/m1/s1. The minimum absolute atomic E-state index is 0.0715. The van der Waals surface area contributed by atoms with Crippen molar-refractivity contribution in [2.75, 3.05) is 19.7 Å². The van der Waals surface area contributed by atoms with Gasteiger partial charge in [0.25, 0.3) is 5.91 Å². The smallest absolute Gasteiger partial charge is 0.289 e. The van der Waals surface area contributed by atoms with Crippen LogP contribution in [0.15, 0.2) is 45.5 Å². The molecule has 4 nitrogen and oxygen atoms in total. The molecule has 0 unspecified atom stereocenters. The van der Waals surface area contributed by atoms with Crippen LogP contribution in [0.25, 0.3) is 0 Å². The van der Waals surface area contributed by atoms with E-state index in [2.05, 4.69) is 34.1 Å². The predicted octanol–water partition coefficient (Wildman–Crippen LogP) is 3.36. The van der Waals surface area contributed by atoms with Gasteiger partial charge in [0.1, 0.15) is 5.60 Å². The molecular formula is C17H16BrNO3. The number of fused-ring (bicyclic) bond motifs is 2. The zero-order valence-electron chi connectivity index (χ0n) is 12.0. The Balaban J connectivity index is 1.62. The van der Waals surface area contributed by atoms with Crippen LogP contribution in [0.4, 0.5) is 0 Å². The maximum atomic E-state index is 12.6. The topological polar surface area (TPSA) is 42.7 Å². The number of ether oxygens (including phenoxy) is 1. The Kier molecular flexibility index (Phi) is 3.35. The Hall–Kier alpha value is -1.59. The highest BCUT2D eigenvalue weighted by atomic mass is 79.9. The summed E-state index contributed by atoms with van der Waals surface area (Å²) in [5.74, 6) is 0.299. The molecule has 1 amide bonds. The molecule has 1 aromatic carbocycles. The molecule has 0 saturated carbocycles. The van der Waals surface area contributed by atoms with Crippen LogP contribution in [0.3, 0.4) is 0 Å². The molecule has 2 aliphatic rings. The molecule has 1 saturated heterocycles. The van der Waals surface area contributed by atoms with Crippen molar-refractivity contribution in [1.29, 1.82) is 0 Å². The average Bonchev–Trinajstić information content (AvgIpc) is 3.12. The van der Waals surface area contributed by atoms with Crippen LogP contribution >= 0.6 is 15.9 Å². The molecule has 2 aromatic rings. The van der Waals surface area contributed by atoms with Crippen molar-refractivity contribution in [2.45, 2.75) is 18.4 Å². The van der Waals surface area contributed by atoms with Gasteiger partial charge < -0.3 is 14.1 Å². The lowest BCUT2D eigenvalue weighted by Gasteiger charge is -2.40. The van der Waals surface area contributed by atoms with Crippen molar-refractivity contribution in [2.24, 2.45) is 0 Å². The van der Waals surface area contributed by atoms with Gasteiger partial charge in [-0.05, 0) is 52.0 Å². The molecule has 2 heterocycles. The van der Waals surface area contributed by atoms with E-state index in [9.17, 15) is 4.79 Å². The van der Waals surface area contributed by atoms with Crippen LogP contribution in [0.2, 0.25) is 0 Å². The van der Waals surface area contributed by atoms with E-state index in [1.54, 1.807) is 12.1 Å². The van der Waals surface area contributed by atoms with Crippen molar-refractivity contribution < 1.29 is 13.9 Å². The molecule has 1 fully saturated rings. The molecule has 0 radical (unpaired) electrons. The van der Waals surface area contributed by atoms with Crippen molar-refractivity contribution in [3.05, 3.63) is 58.0 Å². The number of hydrogen-bond acceptors (Lipinski definition) is 3. The molecule has 22 heavy (non-hydrogen) atoms. The number of benzene rings is 1. The fraction of sp³-hybridized carbons (Fsp3) is 0.353. The number of rotatable bonds is 1. The lowest BCUT2D eigenvalue weighted by molar-refractivity contribution is -0.104. The molecule has 1 aliphatic carbocycles. The van der Waals surface area contributed by atoms with Crippen LogP contribution in [0, 0.1) is 0 Å². The lowest BCUT2D eigenvalue weighted by Crippen LogP contribution is -2.51. The molecule has 0 bridgehead atoms. The highest BCUT2D eigenvalue weighted by Gasteiger charge is 2.44. The van der Waals surface area contributed by atoms with Crippen molar-refractivity contribution >= 4 is 21.8 Å². The van der Waals surface area contributed by atoms with Crippen LogP contribution in [0.5, 0.6) is 0 Å². The van der Waals surface area contributed by atoms with Crippen LogP contribution < -0.4 is 0 Å². The van der Waals surface area contributed by atoms with Gasteiger partial charge in [-0.2, -0.15) is 0 Å². The van der Waals surface area contributed by atoms with Gasteiger partial charge in [0, 0.05) is 6.54 Å². The maximum absolute atomic E-state index is 12.6. The third-order valence-electron chi connectivity index (χ3n) is 4.56. The fourth-order valence-corrected chi connectivity index (χ4v) is 3.82. The van der Waals surface area contributed by atoms with E-state index in [1.165, 1.54) is 11.1 Å². The lowest BCUT2D eigenvalue weighted by atomic mass is 9.93. The summed E-state index contributed by atoms with van der Waals surface area (Å²) in [6.07, 6.45) is 1.93. The molecule has 0 N–H and O–H groups in total. The summed E-state index contributed by atoms with van der Waals surface area (Å²) in [6, 6.07) is 11.8. The van der Waals surface area contributed by atoms with Gasteiger partial charge >= 0.3 is 0 Å². The highest BCUT2D eigenvalue weighted by molar-refractivity contribution is 9.10. The van der Waals surface area contributed by atoms with Gasteiger partial charge in [0.05, 0.1) is 13.2 Å². The molecule has 1 aromatic heterocycles.